The van der Waals surface area contributed by atoms with Gasteiger partial charge in [-0.1, -0.05) is 31.4 Å². The van der Waals surface area contributed by atoms with Crippen molar-refractivity contribution in [2.75, 3.05) is 0 Å². The van der Waals surface area contributed by atoms with Crippen LogP contribution in [0, 0.1) is 5.82 Å². The Morgan fingerprint density at radius 3 is 2.58 bits per heavy atom. The summed E-state index contributed by atoms with van der Waals surface area (Å²) in [6.07, 6.45) is 8.96. The van der Waals surface area contributed by atoms with Crippen LogP contribution in [0.15, 0.2) is 41.7 Å². The fraction of sp³-hybridized carbons (Fsp3) is 0.300. The number of hydrogen-bond donors (Lipinski definition) is 0. The normalized spacial score (nSPS) is 15.3. The van der Waals surface area contributed by atoms with Crippen LogP contribution < -0.4 is 0 Å². The van der Waals surface area contributed by atoms with E-state index in [2.05, 4.69) is 21.8 Å². The quantitative estimate of drug-likeness (QED) is 0.657. The van der Waals surface area contributed by atoms with Crippen LogP contribution in [-0.2, 0) is 0 Å². The molecule has 0 aliphatic heterocycles. The van der Waals surface area contributed by atoms with Crippen molar-refractivity contribution in [3.63, 3.8) is 0 Å². The molecule has 132 valence electrons. The molecule has 4 rings (SSSR count). The second-order valence-electron chi connectivity index (χ2n) is 6.66. The molecule has 1 aromatic carbocycles. The standard InChI is InChI=1S/C20H19FN4O/c1-22-20(26)17-12-24-25-18(14-5-3-2-4-6-14)16(11-23-19(17)25)13-7-9-15(21)10-8-13/h7-12,14H,1-6H2. The van der Waals surface area contributed by atoms with Gasteiger partial charge in [-0.2, -0.15) is 5.10 Å². The smallest absolute Gasteiger partial charge is 0.267 e. The Morgan fingerprint density at radius 1 is 1.15 bits per heavy atom. The Balaban J connectivity index is 1.94. The molecule has 3 aromatic rings. The average molecular weight is 350 g/mol. The van der Waals surface area contributed by atoms with Crippen LogP contribution in [0.2, 0.25) is 0 Å². The summed E-state index contributed by atoms with van der Waals surface area (Å²) in [5.74, 6) is -0.378. The number of aromatic nitrogens is 3. The Morgan fingerprint density at radius 2 is 1.88 bits per heavy atom. The Bertz CT molecular complexity index is 971. The Kier molecular flexibility index (Phi) is 4.32. The minimum Gasteiger partial charge on any atom is -0.267 e. The summed E-state index contributed by atoms with van der Waals surface area (Å²) in [6, 6.07) is 6.41. The molecule has 6 heteroatoms. The van der Waals surface area contributed by atoms with Crippen LogP contribution in [0.1, 0.15) is 54.1 Å². The molecule has 0 radical (unpaired) electrons. The predicted octanol–water partition coefficient (Wildman–Crippen LogP) is 4.42. The maximum absolute atomic E-state index is 13.4. The first kappa shape index (κ1) is 16.6. The van der Waals surface area contributed by atoms with Gasteiger partial charge >= 0.3 is 0 Å². The van der Waals surface area contributed by atoms with Crippen molar-refractivity contribution in [2.24, 2.45) is 4.99 Å². The zero-order valence-corrected chi connectivity index (χ0v) is 14.4. The number of fused-ring (bicyclic) bond motifs is 1. The molecule has 0 unspecified atom stereocenters. The van der Waals surface area contributed by atoms with Gasteiger partial charge in [0.1, 0.15) is 11.4 Å². The number of amides is 1. The van der Waals surface area contributed by atoms with Gasteiger partial charge in [-0.3, -0.25) is 4.79 Å². The lowest BCUT2D eigenvalue weighted by Gasteiger charge is -2.24. The van der Waals surface area contributed by atoms with E-state index in [0.717, 1.165) is 29.7 Å². The lowest BCUT2D eigenvalue weighted by Crippen LogP contribution is -2.13. The average Bonchev–Trinajstić information content (AvgIpc) is 3.12. The molecule has 0 atom stereocenters. The zero-order valence-electron chi connectivity index (χ0n) is 14.4. The maximum atomic E-state index is 13.4. The molecule has 1 saturated carbocycles. The minimum absolute atomic E-state index is 0.272. The summed E-state index contributed by atoms with van der Waals surface area (Å²) in [5, 5.41) is 4.44. The van der Waals surface area contributed by atoms with Crippen molar-refractivity contribution < 1.29 is 9.18 Å². The van der Waals surface area contributed by atoms with Gasteiger partial charge in [-0.15, -0.1) is 0 Å². The predicted molar refractivity (Wildman–Crippen MR) is 98.1 cm³/mol. The van der Waals surface area contributed by atoms with Crippen LogP contribution in [0.5, 0.6) is 0 Å². The molecule has 0 spiro atoms. The highest BCUT2D eigenvalue weighted by Gasteiger charge is 2.25. The van der Waals surface area contributed by atoms with Crippen LogP contribution >= 0.6 is 0 Å². The summed E-state index contributed by atoms with van der Waals surface area (Å²) in [4.78, 5) is 20.0. The second kappa shape index (κ2) is 6.78. The van der Waals surface area contributed by atoms with E-state index in [1.165, 1.54) is 37.6 Å². The van der Waals surface area contributed by atoms with E-state index in [1.807, 2.05) is 0 Å². The monoisotopic (exact) mass is 350 g/mol. The second-order valence-corrected chi connectivity index (χ2v) is 6.66. The Labute approximate surface area is 150 Å². The van der Waals surface area contributed by atoms with Crippen molar-refractivity contribution in [3.8, 4) is 11.1 Å². The first-order valence-corrected chi connectivity index (χ1v) is 8.82. The van der Waals surface area contributed by atoms with Crippen molar-refractivity contribution in [3.05, 3.63) is 53.7 Å². The van der Waals surface area contributed by atoms with E-state index in [1.54, 1.807) is 22.8 Å². The van der Waals surface area contributed by atoms with E-state index in [4.69, 9.17) is 0 Å². The summed E-state index contributed by atoms with van der Waals surface area (Å²) in [6.45, 7) is 3.31. The summed E-state index contributed by atoms with van der Waals surface area (Å²) in [7, 11) is 0. The maximum Gasteiger partial charge on any atom is 0.281 e. The van der Waals surface area contributed by atoms with Crippen molar-refractivity contribution >= 4 is 18.3 Å². The number of nitrogens with zero attached hydrogens (tertiary/aromatic N) is 4. The van der Waals surface area contributed by atoms with E-state index in [9.17, 15) is 9.18 Å². The largest absolute Gasteiger partial charge is 0.281 e. The fourth-order valence-corrected chi connectivity index (χ4v) is 3.81. The highest BCUT2D eigenvalue weighted by atomic mass is 19.1. The summed E-state index contributed by atoms with van der Waals surface area (Å²) < 4.78 is 15.1. The van der Waals surface area contributed by atoms with Gasteiger partial charge in [0.25, 0.3) is 5.91 Å². The first-order valence-electron chi connectivity index (χ1n) is 8.82. The number of rotatable bonds is 3. The molecule has 0 N–H and O–H groups in total. The molecule has 2 heterocycles. The van der Waals surface area contributed by atoms with Crippen LogP contribution in [-0.4, -0.2) is 27.2 Å². The highest BCUT2D eigenvalue weighted by Crippen LogP contribution is 2.38. The van der Waals surface area contributed by atoms with Gasteiger partial charge in [0.2, 0.25) is 0 Å². The van der Waals surface area contributed by atoms with E-state index >= 15 is 0 Å². The third kappa shape index (κ3) is 2.81. The van der Waals surface area contributed by atoms with Gasteiger partial charge in [0.15, 0.2) is 5.65 Å². The van der Waals surface area contributed by atoms with Gasteiger partial charge < -0.3 is 0 Å². The molecule has 1 amide bonds. The number of halogens is 1. The van der Waals surface area contributed by atoms with Crippen molar-refractivity contribution in [1.29, 1.82) is 0 Å². The van der Waals surface area contributed by atoms with E-state index in [-0.39, 0.29) is 5.82 Å². The number of aliphatic imine (C=N–C) groups is 1. The minimum atomic E-state index is -0.434. The molecule has 26 heavy (non-hydrogen) atoms. The van der Waals surface area contributed by atoms with Crippen LogP contribution in [0.3, 0.4) is 0 Å². The van der Waals surface area contributed by atoms with Gasteiger partial charge in [0, 0.05) is 17.7 Å². The van der Waals surface area contributed by atoms with Crippen molar-refractivity contribution in [1.82, 2.24) is 14.6 Å². The third-order valence-electron chi connectivity index (χ3n) is 5.09. The fourth-order valence-electron chi connectivity index (χ4n) is 3.81. The molecule has 5 nitrogen and oxygen atoms in total. The summed E-state index contributed by atoms with van der Waals surface area (Å²) >= 11 is 0. The van der Waals surface area contributed by atoms with E-state index < -0.39 is 5.91 Å². The molecule has 0 bridgehead atoms. The third-order valence-corrected chi connectivity index (χ3v) is 5.09. The topological polar surface area (TPSA) is 59.6 Å². The lowest BCUT2D eigenvalue weighted by atomic mass is 9.84. The number of carbonyl (C=O) groups excluding carboxylic acids is 1. The zero-order chi connectivity index (χ0) is 18.1. The molecule has 1 aliphatic carbocycles. The van der Waals surface area contributed by atoms with Gasteiger partial charge in [-0.25, -0.2) is 18.9 Å². The first-order chi connectivity index (χ1) is 12.7. The number of carbonyl (C=O) groups is 1. The SMILES string of the molecule is C=NC(=O)c1cnn2c(C3CCCCC3)c(-c3ccc(F)cc3)cnc12. The number of hydrogen-bond acceptors (Lipinski definition) is 3. The molecular weight excluding hydrogens is 331 g/mol. The molecule has 2 aromatic heterocycles. The molecule has 1 fully saturated rings. The molecule has 1 aliphatic rings. The van der Waals surface area contributed by atoms with Gasteiger partial charge in [0.05, 0.1) is 11.9 Å². The number of benzene rings is 1. The Hall–Kier alpha value is -2.89. The van der Waals surface area contributed by atoms with Gasteiger partial charge in [-0.05, 0) is 37.3 Å². The van der Waals surface area contributed by atoms with Crippen LogP contribution in [0.25, 0.3) is 16.8 Å². The van der Waals surface area contributed by atoms with Crippen molar-refractivity contribution in [2.45, 2.75) is 38.0 Å². The summed E-state index contributed by atoms with van der Waals surface area (Å²) in [5.41, 5.74) is 3.70. The van der Waals surface area contributed by atoms with E-state index in [0.29, 0.717) is 17.1 Å². The lowest BCUT2D eigenvalue weighted by molar-refractivity contribution is 0.100. The molecule has 0 saturated heterocycles. The highest BCUT2D eigenvalue weighted by molar-refractivity contribution is 6.02. The molecular formula is C20H19FN4O. The van der Waals surface area contributed by atoms with Crippen LogP contribution in [0.4, 0.5) is 4.39 Å².